The van der Waals surface area contributed by atoms with E-state index in [9.17, 15) is 4.79 Å². The van der Waals surface area contributed by atoms with Gasteiger partial charge in [0.05, 0.1) is 0 Å². The van der Waals surface area contributed by atoms with E-state index in [1.165, 1.54) is 6.08 Å². The van der Waals surface area contributed by atoms with Gasteiger partial charge in [0.25, 0.3) is 0 Å². The molecule has 0 heterocycles. The van der Waals surface area contributed by atoms with Gasteiger partial charge in [-0.15, -0.1) is 0 Å². The maximum absolute atomic E-state index is 11.6. The minimum Gasteiger partial charge on any atom is -0.423 e. The van der Waals surface area contributed by atoms with Crippen LogP contribution in [0.3, 0.4) is 0 Å². The van der Waals surface area contributed by atoms with Gasteiger partial charge >= 0.3 is 5.97 Å². The van der Waals surface area contributed by atoms with Gasteiger partial charge in [-0.25, -0.2) is 4.79 Å². The van der Waals surface area contributed by atoms with E-state index in [2.05, 4.69) is 0 Å². The van der Waals surface area contributed by atoms with Gasteiger partial charge in [-0.3, -0.25) is 0 Å². The average molecular weight is 268 g/mol. The van der Waals surface area contributed by atoms with Crippen molar-refractivity contribution in [3.05, 3.63) is 65.7 Å². The highest BCUT2D eigenvalue weighted by molar-refractivity contribution is 5.88. The molecule has 0 aliphatic heterocycles. The van der Waals surface area contributed by atoms with Gasteiger partial charge in [0.2, 0.25) is 0 Å². The van der Waals surface area contributed by atoms with Crippen molar-refractivity contribution in [3.63, 3.8) is 0 Å². The van der Waals surface area contributed by atoms with E-state index < -0.39 is 5.97 Å². The summed E-state index contributed by atoms with van der Waals surface area (Å²) in [5.41, 5.74) is 13.7. The van der Waals surface area contributed by atoms with Crippen LogP contribution in [-0.2, 0) is 11.3 Å². The van der Waals surface area contributed by atoms with Crippen molar-refractivity contribution in [2.75, 3.05) is 5.73 Å². The Hall–Kier alpha value is -2.59. The summed E-state index contributed by atoms with van der Waals surface area (Å²) >= 11 is 0. The topological polar surface area (TPSA) is 78.3 Å². The predicted octanol–water partition coefficient (Wildman–Crippen LogP) is 2.35. The largest absolute Gasteiger partial charge is 0.423 e. The molecule has 0 spiro atoms. The Balaban J connectivity index is 1.96. The van der Waals surface area contributed by atoms with Gasteiger partial charge < -0.3 is 16.2 Å². The molecular weight excluding hydrogens is 252 g/mol. The van der Waals surface area contributed by atoms with E-state index in [0.29, 0.717) is 18.0 Å². The molecule has 0 aliphatic carbocycles. The molecule has 0 saturated carbocycles. The molecule has 4 N–H and O–H groups in total. The first-order chi connectivity index (χ1) is 9.67. The number of ether oxygens (including phenoxy) is 1. The van der Waals surface area contributed by atoms with Crippen LogP contribution in [0.1, 0.15) is 11.1 Å². The number of nitrogen functional groups attached to an aromatic ring is 1. The molecule has 20 heavy (non-hydrogen) atoms. The predicted molar refractivity (Wildman–Crippen MR) is 79.9 cm³/mol. The van der Waals surface area contributed by atoms with Crippen molar-refractivity contribution in [1.29, 1.82) is 0 Å². The van der Waals surface area contributed by atoms with Crippen molar-refractivity contribution in [2.24, 2.45) is 5.73 Å². The highest BCUT2D eigenvalue weighted by Crippen LogP contribution is 2.13. The zero-order valence-electron chi connectivity index (χ0n) is 11.0. The number of hydrogen-bond acceptors (Lipinski definition) is 4. The number of benzene rings is 2. The Bertz CT molecular complexity index is 601. The summed E-state index contributed by atoms with van der Waals surface area (Å²) in [6.45, 7) is 0.503. The Kier molecular flexibility index (Phi) is 4.52. The lowest BCUT2D eigenvalue weighted by molar-refractivity contribution is -0.128. The first-order valence-electron chi connectivity index (χ1n) is 6.22. The fourth-order valence-corrected chi connectivity index (χ4v) is 1.62. The minimum atomic E-state index is -0.433. The van der Waals surface area contributed by atoms with Crippen LogP contribution in [0.2, 0.25) is 0 Å². The van der Waals surface area contributed by atoms with Gasteiger partial charge in [-0.05, 0) is 41.5 Å². The lowest BCUT2D eigenvalue weighted by atomic mass is 10.1. The van der Waals surface area contributed by atoms with Gasteiger partial charge in [0.1, 0.15) is 5.75 Å². The second kappa shape index (κ2) is 6.54. The first-order valence-corrected chi connectivity index (χ1v) is 6.22. The fraction of sp³-hybridized carbons (Fsp3) is 0.0625. The Labute approximate surface area is 117 Å². The zero-order chi connectivity index (χ0) is 14.4. The van der Waals surface area contributed by atoms with Crippen LogP contribution in [0.4, 0.5) is 5.69 Å². The summed E-state index contributed by atoms with van der Waals surface area (Å²) < 4.78 is 5.13. The highest BCUT2D eigenvalue weighted by Gasteiger charge is 2.00. The van der Waals surface area contributed by atoms with Crippen molar-refractivity contribution in [3.8, 4) is 5.75 Å². The molecule has 0 atom stereocenters. The van der Waals surface area contributed by atoms with Gasteiger partial charge in [0.15, 0.2) is 0 Å². The minimum absolute atomic E-state index is 0.433. The van der Waals surface area contributed by atoms with Crippen LogP contribution in [-0.4, -0.2) is 5.97 Å². The van der Waals surface area contributed by atoms with Crippen molar-refractivity contribution in [1.82, 2.24) is 0 Å². The van der Waals surface area contributed by atoms with E-state index in [1.54, 1.807) is 30.3 Å². The van der Waals surface area contributed by atoms with Crippen molar-refractivity contribution >= 4 is 17.7 Å². The first kappa shape index (κ1) is 13.8. The standard InChI is InChI=1S/C16H16N2O2/c17-11-13-3-1-12(2-4-13)5-10-16(19)20-15-8-6-14(18)7-9-15/h1-10H,11,17-18H2. The van der Waals surface area contributed by atoms with E-state index in [-0.39, 0.29) is 0 Å². The van der Waals surface area contributed by atoms with Crippen LogP contribution >= 0.6 is 0 Å². The van der Waals surface area contributed by atoms with E-state index in [4.69, 9.17) is 16.2 Å². The van der Waals surface area contributed by atoms with Gasteiger partial charge in [-0.2, -0.15) is 0 Å². The highest BCUT2D eigenvalue weighted by atomic mass is 16.5. The van der Waals surface area contributed by atoms with E-state index in [0.717, 1.165) is 11.1 Å². The maximum atomic E-state index is 11.6. The molecule has 102 valence electrons. The van der Waals surface area contributed by atoms with Gasteiger partial charge in [0, 0.05) is 18.3 Å². The lowest BCUT2D eigenvalue weighted by Crippen LogP contribution is -2.03. The third kappa shape index (κ3) is 3.96. The van der Waals surface area contributed by atoms with Crippen LogP contribution in [0, 0.1) is 0 Å². The molecule has 0 unspecified atom stereocenters. The maximum Gasteiger partial charge on any atom is 0.336 e. The summed E-state index contributed by atoms with van der Waals surface area (Å²) in [5.74, 6) is 0.0324. The summed E-state index contributed by atoms with van der Waals surface area (Å²) in [7, 11) is 0. The third-order valence-corrected chi connectivity index (χ3v) is 2.73. The number of carbonyl (C=O) groups excluding carboxylic acids is 1. The molecule has 2 aromatic rings. The number of esters is 1. The van der Waals surface area contributed by atoms with Crippen LogP contribution in [0.5, 0.6) is 5.75 Å². The summed E-state index contributed by atoms with van der Waals surface area (Å²) in [6, 6.07) is 14.3. The average Bonchev–Trinajstić information content (AvgIpc) is 2.48. The molecule has 2 rings (SSSR count). The third-order valence-electron chi connectivity index (χ3n) is 2.73. The summed E-state index contributed by atoms with van der Waals surface area (Å²) in [4.78, 5) is 11.6. The molecule has 0 aliphatic rings. The van der Waals surface area contributed by atoms with Crippen LogP contribution < -0.4 is 16.2 Å². The monoisotopic (exact) mass is 268 g/mol. The van der Waals surface area contributed by atoms with E-state index >= 15 is 0 Å². The quantitative estimate of drug-likeness (QED) is 0.386. The Morgan fingerprint density at radius 2 is 1.70 bits per heavy atom. The Morgan fingerprint density at radius 1 is 1.05 bits per heavy atom. The molecule has 0 radical (unpaired) electrons. The number of rotatable bonds is 4. The van der Waals surface area contributed by atoms with E-state index in [1.807, 2.05) is 24.3 Å². The molecule has 0 fully saturated rings. The Morgan fingerprint density at radius 3 is 2.30 bits per heavy atom. The SMILES string of the molecule is NCc1ccc(C=CC(=O)Oc2ccc(N)cc2)cc1. The van der Waals surface area contributed by atoms with Crippen LogP contribution in [0.25, 0.3) is 6.08 Å². The number of nitrogens with two attached hydrogens (primary N) is 2. The molecular formula is C16H16N2O2. The molecule has 4 heteroatoms. The van der Waals surface area contributed by atoms with Crippen molar-refractivity contribution < 1.29 is 9.53 Å². The van der Waals surface area contributed by atoms with Gasteiger partial charge in [-0.1, -0.05) is 24.3 Å². The number of anilines is 1. The summed E-state index contributed by atoms with van der Waals surface area (Å²) in [5, 5.41) is 0. The zero-order valence-corrected chi connectivity index (χ0v) is 11.0. The van der Waals surface area contributed by atoms with Crippen LogP contribution in [0.15, 0.2) is 54.6 Å². The second-order valence-electron chi connectivity index (χ2n) is 4.27. The molecule has 0 amide bonds. The fourth-order valence-electron chi connectivity index (χ4n) is 1.62. The number of carbonyl (C=O) groups is 1. The molecule has 2 aromatic carbocycles. The molecule has 0 bridgehead atoms. The number of hydrogen-bond donors (Lipinski definition) is 2. The second-order valence-corrected chi connectivity index (χ2v) is 4.27. The summed E-state index contributed by atoms with van der Waals surface area (Å²) in [6.07, 6.45) is 3.08. The smallest absolute Gasteiger partial charge is 0.336 e. The molecule has 4 nitrogen and oxygen atoms in total. The molecule has 0 saturated heterocycles. The molecule has 0 aromatic heterocycles. The lowest BCUT2D eigenvalue weighted by Gasteiger charge is -2.01. The normalized spacial score (nSPS) is 10.7. The van der Waals surface area contributed by atoms with Crippen molar-refractivity contribution in [2.45, 2.75) is 6.54 Å².